The first-order chi connectivity index (χ1) is 11.7. The van der Waals surface area contributed by atoms with E-state index in [0.717, 1.165) is 30.8 Å². The Hall–Kier alpha value is -2.55. The van der Waals surface area contributed by atoms with Gasteiger partial charge >= 0.3 is 0 Å². The molecule has 3 rings (SSSR count). The number of hydrogen-bond acceptors (Lipinski definition) is 3. The van der Waals surface area contributed by atoms with Gasteiger partial charge in [-0.1, -0.05) is 42.5 Å². The standard InChI is InChI=1S/C21H23NO2/c1-24-21-9-7-17(8-10-21)18-13-19(15-20(23)14-18)22-12-11-16-5-3-2-4-6-16/h2-10,15,18,22H,11-14H2,1H3. The first kappa shape index (κ1) is 16.3. The summed E-state index contributed by atoms with van der Waals surface area (Å²) in [4.78, 5) is 12.1. The fraction of sp³-hybridized carbons (Fsp3) is 0.286. The van der Waals surface area contributed by atoms with Crippen molar-refractivity contribution in [3.8, 4) is 5.75 Å². The maximum absolute atomic E-state index is 12.1. The number of ketones is 1. The zero-order chi connectivity index (χ0) is 16.8. The summed E-state index contributed by atoms with van der Waals surface area (Å²) in [6.45, 7) is 0.846. The third kappa shape index (κ3) is 4.25. The zero-order valence-corrected chi connectivity index (χ0v) is 14.0. The number of carbonyl (C=O) groups excluding carboxylic acids is 1. The van der Waals surface area contributed by atoms with Crippen LogP contribution in [0.1, 0.15) is 29.9 Å². The van der Waals surface area contributed by atoms with E-state index in [1.54, 1.807) is 13.2 Å². The van der Waals surface area contributed by atoms with Crippen molar-refractivity contribution < 1.29 is 9.53 Å². The van der Waals surface area contributed by atoms with Gasteiger partial charge in [0.2, 0.25) is 0 Å². The Kier molecular flexibility index (Phi) is 5.32. The van der Waals surface area contributed by atoms with Gasteiger partial charge in [0.15, 0.2) is 5.78 Å². The molecule has 2 aromatic rings. The third-order valence-electron chi connectivity index (χ3n) is 4.44. The summed E-state index contributed by atoms with van der Waals surface area (Å²) < 4.78 is 5.20. The minimum atomic E-state index is 0.198. The second-order valence-corrected chi connectivity index (χ2v) is 6.18. The predicted octanol–water partition coefficient (Wildman–Crippen LogP) is 3.86. The highest BCUT2D eigenvalue weighted by Gasteiger charge is 2.22. The summed E-state index contributed by atoms with van der Waals surface area (Å²) >= 11 is 0. The number of rotatable bonds is 6. The van der Waals surface area contributed by atoms with Crippen LogP contribution >= 0.6 is 0 Å². The minimum Gasteiger partial charge on any atom is -0.497 e. The Morgan fingerprint density at radius 1 is 1.04 bits per heavy atom. The van der Waals surface area contributed by atoms with Crippen molar-refractivity contribution in [3.05, 3.63) is 77.5 Å². The van der Waals surface area contributed by atoms with E-state index in [1.807, 2.05) is 18.2 Å². The van der Waals surface area contributed by atoms with E-state index in [-0.39, 0.29) is 11.7 Å². The van der Waals surface area contributed by atoms with E-state index in [4.69, 9.17) is 4.74 Å². The molecule has 24 heavy (non-hydrogen) atoms. The van der Waals surface area contributed by atoms with Gasteiger partial charge in [-0.15, -0.1) is 0 Å². The lowest BCUT2D eigenvalue weighted by atomic mass is 9.85. The lowest BCUT2D eigenvalue weighted by Crippen LogP contribution is -2.23. The molecular weight excluding hydrogens is 298 g/mol. The first-order valence-electron chi connectivity index (χ1n) is 8.40. The normalized spacial score (nSPS) is 17.3. The van der Waals surface area contributed by atoms with E-state index in [2.05, 4.69) is 41.7 Å². The summed E-state index contributed by atoms with van der Waals surface area (Å²) in [5.74, 6) is 1.29. The Labute approximate surface area is 143 Å². The van der Waals surface area contributed by atoms with Gasteiger partial charge in [0.25, 0.3) is 0 Å². The molecule has 1 aliphatic rings. The van der Waals surface area contributed by atoms with Crippen LogP contribution < -0.4 is 10.1 Å². The highest BCUT2D eigenvalue weighted by molar-refractivity contribution is 5.92. The van der Waals surface area contributed by atoms with Crippen LogP contribution in [0.4, 0.5) is 0 Å². The molecule has 0 heterocycles. The van der Waals surface area contributed by atoms with Crippen molar-refractivity contribution in [2.24, 2.45) is 0 Å². The van der Waals surface area contributed by atoms with E-state index < -0.39 is 0 Å². The van der Waals surface area contributed by atoms with E-state index >= 15 is 0 Å². The molecule has 3 nitrogen and oxygen atoms in total. The van der Waals surface area contributed by atoms with Gasteiger partial charge in [0.1, 0.15) is 5.75 Å². The molecule has 1 aliphatic carbocycles. The number of allylic oxidation sites excluding steroid dienone is 2. The van der Waals surface area contributed by atoms with Gasteiger partial charge in [-0.2, -0.15) is 0 Å². The molecule has 0 saturated carbocycles. The smallest absolute Gasteiger partial charge is 0.158 e. The molecule has 3 heteroatoms. The fourth-order valence-electron chi connectivity index (χ4n) is 3.14. The zero-order valence-electron chi connectivity index (χ0n) is 14.0. The maximum Gasteiger partial charge on any atom is 0.158 e. The lowest BCUT2D eigenvalue weighted by molar-refractivity contribution is -0.115. The van der Waals surface area contributed by atoms with E-state index in [1.165, 1.54) is 11.1 Å². The van der Waals surface area contributed by atoms with Crippen molar-refractivity contribution in [1.29, 1.82) is 0 Å². The molecule has 0 bridgehead atoms. The van der Waals surface area contributed by atoms with Crippen LogP contribution in [-0.4, -0.2) is 19.4 Å². The van der Waals surface area contributed by atoms with Crippen LogP contribution in [-0.2, 0) is 11.2 Å². The van der Waals surface area contributed by atoms with Crippen molar-refractivity contribution in [1.82, 2.24) is 5.32 Å². The van der Waals surface area contributed by atoms with Crippen molar-refractivity contribution in [3.63, 3.8) is 0 Å². The Morgan fingerprint density at radius 2 is 1.79 bits per heavy atom. The number of ether oxygens (including phenoxy) is 1. The van der Waals surface area contributed by atoms with Gasteiger partial charge < -0.3 is 10.1 Å². The van der Waals surface area contributed by atoms with Crippen LogP contribution in [0.5, 0.6) is 5.75 Å². The minimum absolute atomic E-state index is 0.198. The van der Waals surface area contributed by atoms with Gasteiger partial charge in [0, 0.05) is 24.7 Å². The fourth-order valence-corrected chi connectivity index (χ4v) is 3.14. The second kappa shape index (κ2) is 7.82. The number of methoxy groups -OCH3 is 1. The van der Waals surface area contributed by atoms with Crippen LogP contribution in [0.3, 0.4) is 0 Å². The summed E-state index contributed by atoms with van der Waals surface area (Å²) in [6, 6.07) is 18.4. The summed E-state index contributed by atoms with van der Waals surface area (Å²) in [5, 5.41) is 3.44. The number of carbonyl (C=O) groups is 1. The number of hydrogen-bond donors (Lipinski definition) is 1. The van der Waals surface area contributed by atoms with Crippen molar-refractivity contribution >= 4 is 5.78 Å². The highest BCUT2D eigenvalue weighted by Crippen LogP contribution is 2.31. The molecule has 0 saturated heterocycles. The Bertz CT molecular complexity index is 704. The van der Waals surface area contributed by atoms with Gasteiger partial charge in [0.05, 0.1) is 7.11 Å². The predicted molar refractivity (Wildman–Crippen MR) is 96.2 cm³/mol. The quantitative estimate of drug-likeness (QED) is 0.878. The molecule has 1 N–H and O–H groups in total. The van der Waals surface area contributed by atoms with Gasteiger partial charge in [-0.3, -0.25) is 4.79 Å². The van der Waals surface area contributed by atoms with Gasteiger partial charge in [-0.25, -0.2) is 0 Å². The van der Waals surface area contributed by atoms with Crippen LogP contribution in [0.2, 0.25) is 0 Å². The summed E-state index contributed by atoms with van der Waals surface area (Å²) in [6.07, 6.45) is 4.19. The number of benzene rings is 2. The average Bonchev–Trinajstić information content (AvgIpc) is 2.62. The number of nitrogens with one attached hydrogen (secondary N) is 1. The Morgan fingerprint density at radius 3 is 2.50 bits per heavy atom. The van der Waals surface area contributed by atoms with E-state index in [0.29, 0.717) is 6.42 Å². The molecule has 0 radical (unpaired) electrons. The van der Waals surface area contributed by atoms with Crippen molar-refractivity contribution in [2.75, 3.05) is 13.7 Å². The topological polar surface area (TPSA) is 38.3 Å². The monoisotopic (exact) mass is 321 g/mol. The lowest BCUT2D eigenvalue weighted by Gasteiger charge is -2.23. The van der Waals surface area contributed by atoms with Crippen molar-refractivity contribution in [2.45, 2.75) is 25.2 Å². The third-order valence-corrected chi connectivity index (χ3v) is 4.44. The molecule has 124 valence electrons. The summed E-state index contributed by atoms with van der Waals surface area (Å²) in [5.41, 5.74) is 3.54. The molecule has 0 spiro atoms. The largest absolute Gasteiger partial charge is 0.497 e. The second-order valence-electron chi connectivity index (χ2n) is 6.18. The van der Waals surface area contributed by atoms with E-state index in [9.17, 15) is 4.79 Å². The summed E-state index contributed by atoms with van der Waals surface area (Å²) in [7, 11) is 1.66. The molecule has 0 aromatic heterocycles. The molecule has 0 aliphatic heterocycles. The molecule has 1 unspecified atom stereocenters. The Balaban J connectivity index is 1.59. The SMILES string of the molecule is COc1ccc(C2CC(=O)C=C(NCCc3ccccc3)C2)cc1. The molecule has 2 aromatic carbocycles. The molecular formula is C21H23NO2. The molecule has 1 atom stereocenters. The highest BCUT2D eigenvalue weighted by atomic mass is 16.5. The van der Waals surface area contributed by atoms with Crippen LogP contribution in [0, 0.1) is 0 Å². The molecule has 0 amide bonds. The van der Waals surface area contributed by atoms with Crippen LogP contribution in [0.15, 0.2) is 66.4 Å². The van der Waals surface area contributed by atoms with Gasteiger partial charge in [-0.05, 0) is 42.0 Å². The molecule has 0 fully saturated rings. The first-order valence-corrected chi connectivity index (χ1v) is 8.40. The maximum atomic E-state index is 12.1. The van der Waals surface area contributed by atoms with Crippen LogP contribution in [0.25, 0.3) is 0 Å². The average molecular weight is 321 g/mol.